The summed E-state index contributed by atoms with van der Waals surface area (Å²) in [4.78, 5) is 33.4. The topological polar surface area (TPSA) is 58.4 Å². The fraction of sp³-hybridized carbons (Fsp3) is 0.378. The summed E-state index contributed by atoms with van der Waals surface area (Å²) in [7, 11) is 0. The molecule has 0 spiro atoms. The zero-order valence-electron chi connectivity index (χ0n) is 42.8. The number of benzene rings is 3. The maximum Gasteiger partial charge on any atom is 0.416 e. The van der Waals surface area contributed by atoms with Gasteiger partial charge in [-0.3, -0.25) is 9.59 Å². The Bertz CT molecular complexity index is 2520. The molecule has 0 radical (unpaired) electrons. The van der Waals surface area contributed by atoms with Crippen LogP contribution in [0.2, 0.25) is 0 Å². The Morgan fingerprint density at radius 3 is 2.25 bits per heavy atom. The van der Waals surface area contributed by atoms with Gasteiger partial charge < -0.3 is 14.4 Å². The Kier molecular flexibility index (Phi) is 6.23. The molecule has 0 N–H and O–H groups in total. The summed E-state index contributed by atoms with van der Waals surface area (Å²) in [6, 6.07) is 4.08. The Hall–Kier alpha value is -3.96. The molecule has 1 aromatic heterocycles. The third-order valence-corrected chi connectivity index (χ3v) is 7.78. The van der Waals surface area contributed by atoms with Crippen LogP contribution in [-0.4, -0.2) is 51.3 Å². The first-order chi connectivity index (χ1) is 29.3. The fourth-order valence-electron chi connectivity index (χ4n) is 4.59. The predicted octanol–water partition coefficient (Wildman–Crippen LogP) is 7.47. The van der Waals surface area contributed by atoms with Crippen LogP contribution < -0.4 is 5.56 Å². The highest BCUT2D eigenvalue weighted by atomic mass is 32.2. The van der Waals surface area contributed by atoms with Crippen LogP contribution in [-0.2, 0) is 42.5 Å². The van der Waals surface area contributed by atoms with Crippen molar-refractivity contribution in [3.05, 3.63) is 117 Å². The lowest BCUT2D eigenvalue weighted by atomic mass is 10.0. The highest BCUT2D eigenvalue weighted by Gasteiger charge is 2.30. The number of fused-ring (bicyclic) bond motifs is 1. The summed E-state index contributed by atoms with van der Waals surface area (Å²) in [5.41, 5.74) is -8.54. The molecule has 0 saturated carbocycles. The summed E-state index contributed by atoms with van der Waals surface area (Å²) in [6.45, 7) is -7.99. The van der Waals surface area contributed by atoms with Crippen molar-refractivity contribution in [1.29, 1.82) is 0 Å². The fourth-order valence-corrected chi connectivity index (χ4v) is 5.28. The number of amides is 1. The van der Waals surface area contributed by atoms with Crippen LogP contribution in [0.5, 0.6) is 0 Å². The first-order valence-corrected chi connectivity index (χ1v) is 15.1. The van der Waals surface area contributed by atoms with Gasteiger partial charge in [0.2, 0.25) is 5.91 Å². The van der Waals surface area contributed by atoms with Crippen molar-refractivity contribution in [3.63, 3.8) is 0 Å². The van der Waals surface area contributed by atoms with Crippen molar-refractivity contribution < 1.29 is 45.7 Å². The normalized spacial score (nSPS) is 24.4. The zero-order chi connectivity index (χ0) is 49.6. The molecule has 0 fully saturated rings. The second-order valence-corrected chi connectivity index (χ2v) is 11.0. The molecule has 1 unspecified atom stereocenters. The monoisotopic (exact) mass is 697 g/mol. The van der Waals surface area contributed by atoms with Gasteiger partial charge in [0.05, 0.1) is 13.8 Å². The summed E-state index contributed by atoms with van der Waals surface area (Å²) < 4.78 is 200. The zero-order valence-corrected chi connectivity index (χ0v) is 26.6. The molecule has 4 aromatic rings. The number of thioether (sulfide) groups is 1. The standard InChI is InChI=1S/C37H40F4N4O2S/c1-4-43(5-2)18-19-44(22-26-6-10-28(11-7-26)29-12-14-30(15-13-29)37(39,40)41)34(46)23-45-33-21-25(3)20-32(33)35(47)42-36(45)48-24-27-8-16-31(38)17-9-27/h6-17,25H,4-5,18-24H2,1-3H3/i4D2,5D2,8D,9D,16D,17D,20D2,21D2,22D2,24D2,25D. The number of carbonyl (C=O) groups is 1. The third kappa shape index (κ3) is 8.73. The molecule has 0 aliphatic heterocycles. The van der Waals surface area contributed by atoms with Gasteiger partial charge in [-0.2, -0.15) is 18.2 Å². The maximum atomic E-state index is 14.8. The highest BCUT2D eigenvalue weighted by Crippen LogP contribution is 2.32. The van der Waals surface area contributed by atoms with E-state index in [0.717, 1.165) is 32.9 Å². The quantitative estimate of drug-likeness (QED) is 0.0825. The lowest BCUT2D eigenvalue weighted by Crippen LogP contribution is -2.40. The third-order valence-electron chi connectivity index (χ3n) is 6.98. The van der Waals surface area contributed by atoms with E-state index < -0.39 is 139 Å². The molecular formula is C37H40F4N4O2S. The van der Waals surface area contributed by atoms with Crippen molar-refractivity contribution in [2.75, 3.05) is 26.1 Å². The number of alkyl halides is 3. The number of rotatable bonds is 13. The molecule has 3 aromatic carbocycles. The number of aromatic nitrogens is 2. The van der Waals surface area contributed by atoms with E-state index in [1.54, 1.807) is 0 Å². The number of nitrogens with zero attached hydrogens (tertiary/aromatic N) is 4. The molecule has 1 amide bonds. The van der Waals surface area contributed by atoms with Gasteiger partial charge in [0, 0.05) is 51.6 Å². The van der Waals surface area contributed by atoms with Gasteiger partial charge >= 0.3 is 6.18 Å². The van der Waals surface area contributed by atoms with Crippen molar-refractivity contribution in [2.45, 2.75) is 63.6 Å². The maximum absolute atomic E-state index is 14.8. The van der Waals surface area contributed by atoms with Gasteiger partial charge in [-0.1, -0.05) is 81.0 Å². The summed E-state index contributed by atoms with van der Waals surface area (Å²) >= 11 is -0.186. The molecule has 1 heterocycles. The molecule has 11 heteroatoms. The molecule has 0 saturated heterocycles. The van der Waals surface area contributed by atoms with E-state index in [4.69, 9.17) is 20.6 Å². The smallest absolute Gasteiger partial charge is 0.336 e. The summed E-state index contributed by atoms with van der Waals surface area (Å²) in [5.74, 6) is -5.87. The summed E-state index contributed by atoms with van der Waals surface area (Å²) in [5, 5.41) is -0.969. The Morgan fingerprint density at radius 2 is 1.65 bits per heavy atom. The number of carbonyl (C=O) groups excluding carboxylic acids is 1. The second-order valence-electron chi connectivity index (χ2n) is 10.2. The molecule has 6 nitrogen and oxygen atoms in total. The molecule has 5 rings (SSSR count). The number of hydrogen-bond acceptors (Lipinski definition) is 5. The lowest BCUT2D eigenvalue weighted by molar-refractivity contribution is -0.137. The van der Waals surface area contributed by atoms with Gasteiger partial charge in [-0.15, -0.1) is 0 Å². The Labute approximate surface area is 306 Å². The van der Waals surface area contributed by atoms with Crippen LogP contribution in [0.3, 0.4) is 0 Å². The first-order valence-electron chi connectivity index (χ1n) is 22.8. The van der Waals surface area contributed by atoms with Crippen LogP contribution in [0.1, 0.15) is 72.0 Å². The number of halogens is 4. The van der Waals surface area contributed by atoms with Crippen molar-refractivity contribution in [1.82, 2.24) is 19.4 Å². The number of hydrogen-bond donors (Lipinski definition) is 0. The average Bonchev–Trinajstić information content (AvgIpc) is 3.27. The van der Waals surface area contributed by atoms with E-state index in [1.165, 1.54) is 36.4 Å². The Morgan fingerprint density at radius 1 is 1.02 bits per heavy atom. The largest absolute Gasteiger partial charge is 0.416 e. The van der Waals surface area contributed by atoms with Crippen LogP contribution in [0.15, 0.2) is 82.7 Å². The van der Waals surface area contributed by atoms with Crippen LogP contribution in [0.4, 0.5) is 17.6 Å². The van der Waals surface area contributed by atoms with E-state index in [2.05, 4.69) is 4.98 Å². The van der Waals surface area contributed by atoms with E-state index in [-0.39, 0.29) is 22.9 Å². The van der Waals surface area contributed by atoms with Crippen LogP contribution in [0.25, 0.3) is 11.1 Å². The van der Waals surface area contributed by atoms with E-state index in [9.17, 15) is 29.9 Å². The van der Waals surface area contributed by atoms with E-state index in [1.807, 2.05) is 0 Å². The van der Waals surface area contributed by atoms with Gasteiger partial charge in [-0.25, -0.2) is 4.39 Å². The molecule has 1 atom stereocenters. The predicted molar refractivity (Wildman–Crippen MR) is 181 cm³/mol. The first kappa shape index (κ1) is 19.3. The van der Waals surface area contributed by atoms with Gasteiger partial charge in [0.25, 0.3) is 5.56 Å². The van der Waals surface area contributed by atoms with Gasteiger partial charge in [0.1, 0.15) is 12.4 Å². The molecule has 1 aliphatic rings. The second kappa shape index (κ2) is 15.5. The lowest BCUT2D eigenvalue weighted by Gasteiger charge is -2.28. The molecule has 254 valence electrons. The van der Waals surface area contributed by atoms with Gasteiger partial charge in [-0.05, 0) is 78.1 Å². The van der Waals surface area contributed by atoms with Crippen LogP contribution in [0, 0.1) is 11.7 Å². The van der Waals surface area contributed by atoms with Crippen molar-refractivity contribution in [3.8, 4) is 11.1 Å². The van der Waals surface area contributed by atoms with Crippen molar-refractivity contribution in [2.24, 2.45) is 5.89 Å². The molecular weight excluding hydrogens is 640 g/mol. The minimum absolute atomic E-state index is 0.186. The number of likely N-dealkylation sites (N-methyl/N-ethyl adjacent to an activating group) is 1. The van der Waals surface area contributed by atoms with Crippen LogP contribution >= 0.6 is 11.8 Å². The van der Waals surface area contributed by atoms with Crippen molar-refractivity contribution >= 4 is 17.7 Å². The average molecular weight is 698 g/mol. The minimum Gasteiger partial charge on any atom is -0.336 e. The minimum atomic E-state index is -4.62. The Balaban J connectivity index is 1.71. The van der Waals surface area contributed by atoms with E-state index >= 15 is 0 Å². The molecule has 1 aliphatic carbocycles. The van der Waals surface area contributed by atoms with E-state index in [0.29, 0.717) is 19.9 Å². The highest BCUT2D eigenvalue weighted by molar-refractivity contribution is 7.98. The molecule has 0 bridgehead atoms. The SMILES string of the molecule is [2H]c1c([2H])c(C([2H])([2H])Sc2nc(=O)c3c(n2CC(=O)N(CCN(C([2H])([2H])C)C([2H])([2H])C)C([2H])([2H])c2ccc(-c4ccc(C(F)(F)F)cc4)cc2)C([2H])([2H])C([2H])(C)C3([2H])[2H])c([2H])c([2H])c1F. The van der Waals surface area contributed by atoms with Gasteiger partial charge in [0.15, 0.2) is 5.16 Å². The molecule has 48 heavy (non-hydrogen) atoms. The summed E-state index contributed by atoms with van der Waals surface area (Å²) in [6.07, 6.45) is -11.0.